The lowest BCUT2D eigenvalue weighted by Gasteiger charge is -2.36. The van der Waals surface area contributed by atoms with Gasteiger partial charge in [-0.15, -0.1) is 0 Å². The number of benzene rings is 1. The molecule has 100 valence electrons. The van der Waals surface area contributed by atoms with Crippen molar-refractivity contribution in [2.24, 2.45) is 0 Å². The van der Waals surface area contributed by atoms with Gasteiger partial charge >= 0.3 is 0 Å². The molecule has 1 aliphatic rings. The summed E-state index contributed by atoms with van der Waals surface area (Å²) in [6.45, 7) is 4.37. The van der Waals surface area contributed by atoms with Crippen LogP contribution in [0.1, 0.15) is 36.8 Å². The lowest BCUT2D eigenvalue weighted by molar-refractivity contribution is 0.351. The molecule has 0 amide bonds. The summed E-state index contributed by atoms with van der Waals surface area (Å²) in [6, 6.07) is 8.29. The minimum Gasteiger partial charge on any atom is -0.372 e. The van der Waals surface area contributed by atoms with E-state index in [2.05, 4.69) is 56.4 Å². The molecule has 0 bridgehead atoms. The Hall–Kier alpha value is -1.02. The zero-order valence-corrected chi connectivity index (χ0v) is 12.2. The predicted molar refractivity (Wildman–Crippen MR) is 79.4 cm³/mol. The average molecular weight is 246 g/mol. The molecule has 18 heavy (non-hydrogen) atoms. The van der Waals surface area contributed by atoms with Crippen LogP contribution in [0.2, 0.25) is 0 Å². The fourth-order valence-corrected chi connectivity index (χ4v) is 3.12. The molecule has 0 spiro atoms. The Morgan fingerprint density at radius 2 is 1.56 bits per heavy atom. The van der Waals surface area contributed by atoms with Crippen molar-refractivity contribution >= 4 is 5.69 Å². The molecule has 1 aromatic carbocycles. The van der Waals surface area contributed by atoms with E-state index in [0.717, 1.165) is 6.04 Å². The minimum absolute atomic E-state index is 0.704. The van der Waals surface area contributed by atoms with Gasteiger partial charge in [0.05, 0.1) is 0 Å². The van der Waals surface area contributed by atoms with Gasteiger partial charge in [-0.25, -0.2) is 0 Å². The standard InChI is InChI=1S/C16H26N2/c1-12-9-13(2)11-16(10-12)18(4)15-7-5-14(17-3)6-8-15/h9-11,14-15,17H,5-8H2,1-4H3. The molecule has 2 nitrogen and oxygen atoms in total. The lowest BCUT2D eigenvalue weighted by atomic mass is 9.90. The van der Waals surface area contributed by atoms with E-state index in [9.17, 15) is 0 Å². The molecule has 2 heteroatoms. The Morgan fingerprint density at radius 1 is 1.00 bits per heavy atom. The van der Waals surface area contributed by atoms with Gasteiger partial charge in [0.1, 0.15) is 0 Å². The summed E-state index contributed by atoms with van der Waals surface area (Å²) in [5.41, 5.74) is 4.10. The Morgan fingerprint density at radius 3 is 2.06 bits per heavy atom. The van der Waals surface area contributed by atoms with Crippen LogP contribution in [0.15, 0.2) is 18.2 Å². The fourth-order valence-electron chi connectivity index (χ4n) is 3.12. The summed E-state index contributed by atoms with van der Waals surface area (Å²) in [7, 11) is 4.33. The highest BCUT2D eigenvalue weighted by atomic mass is 15.1. The Balaban J connectivity index is 2.05. The van der Waals surface area contributed by atoms with Crippen molar-refractivity contribution in [2.45, 2.75) is 51.6 Å². The van der Waals surface area contributed by atoms with Gasteiger partial charge in [-0.2, -0.15) is 0 Å². The normalized spacial score (nSPS) is 24.0. The van der Waals surface area contributed by atoms with E-state index in [1.165, 1.54) is 42.5 Å². The summed E-state index contributed by atoms with van der Waals surface area (Å²) in [5, 5.41) is 3.40. The van der Waals surface area contributed by atoms with Crippen LogP contribution in [0.4, 0.5) is 5.69 Å². The Bertz CT molecular complexity index is 372. The molecule has 1 aromatic rings. The van der Waals surface area contributed by atoms with Gasteiger partial charge < -0.3 is 10.2 Å². The van der Waals surface area contributed by atoms with Crippen molar-refractivity contribution in [3.63, 3.8) is 0 Å². The summed E-state index contributed by atoms with van der Waals surface area (Å²) in [4.78, 5) is 2.48. The Labute approximate surface area is 111 Å². The highest BCUT2D eigenvalue weighted by Gasteiger charge is 2.23. The maximum atomic E-state index is 3.40. The van der Waals surface area contributed by atoms with Crippen LogP contribution in [0.5, 0.6) is 0 Å². The third-order valence-corrected chi connectivity index (χ3v) is 4.27. The number of hydrogen-bond donors (Lipinski definition) is 1. The Kier molecular flexibility index (Phi) is 4.28. The number of nitrogens with zero attached hydrogens (tertiary/aromatic N) is 1. The lowest BCUT2D eigenvalue weighted by Crippen LogP contribution is -2.39. The van der Waals surface area contributed by atoms with Crippen LogP contribution in [-0.2, 0) is 0 Å². The summed E-state index contributed by atoms with van der Waals surface area (Å²) in [5.74, 6) is 0. The van der Waals surface area contributed by atoms with Gasteiger partial charge in [0, 0.05) is 24.8 Å². The van der Waals surface area contributed by atoms with Crippen LogP contribution in [0.25, 0.3) is 0 Å². The quantitative estimate of drug-likeness (QED) is 0.880. The zero-order valence-electron chi connectivity index (χ0n) is 12.2. The molecule has 1 aliphatic carbocycles. The van der Waals surface area contributed by atoms with E-state index >= 15 is 0 Å². The van der Waals surface area contributed by atoms with Crippen LogP contribution in [0, 0.1) is 13.8 Å². The summed E-state index contributed by atoms with van der Waals surface area (Å²) in [6.07, 6.45) is 5.20. The number of aryl methyl sites for hydroxylation is 2. The molecule has 1 N–H and O–H groups in total. The van der Waals surface area contributed by atoms with Crippen LogP contribution in [-0.4, -0.2) is 26.2 Å². The number of rotatable bonds is 3. The second kappa shape index (κ2) is 5.75. The molecule has 0 heterocycles. The molecule has 0 aromatic heterocycles. The van der Waals surface area contributed by atoms with Crippen LogP contribution >= 0.6 is 0 Å². The molecule has 0 aliphatic heterocycles. The molecule has 0 radical (unpaired) electrons. The number of hydrogen-bond acceptors (Lipinski definition) is 2. The van der Waals surface area contributed by atoms with Crippen molar-refractivity contribution in [3.05, 3.63) is 29.3 Å². The zero-order chi connectivity index (χ0) is 13.1. The largest absolute Gasteiger partial charge is 0.372 e. The van der Waals surface area contributed by atoms with Gasteiger partial charge in [-0.05, 0) is 69.8 Å². The van der Waals surface area contributed by atoms with Crippen molar-refractivity contribution in [1.82, 2.24) is 5.32 Å². The fraction of sp³-hybridized carbons (Fsp3) is 0.625. The third-order valence-electron chi connectivity index (χ3n) is 4.27. The highest BCUT2D eigenvalue weighted by molar-refractivity contribution is 5.51. The maximum Gasteiger partial charge on any atom is 0.0371 e. The topological polar surface area (TPSA) is 15.3 Å². The van der Waals surface area contributed by atoms with Crippen molar-refractivity contribution in [2.75, 3.05) is 19.0 Å². The summed E-state index contributed by atoms with van der Waals surface area (Å²) >= 11 is 0. The van der Waals surface area contributed by atoms with E-state index in [0.29, 0.717) is 6.04 Å². The van der Waals surface area contributed by atoms with E-state index in [1.54, 1.807) is 0 Å². The van der Waals surface area contributed by atoms with Crippen LogP contribution < -0.4 is 10.2 Å². The molecule has 1 saturated carbocycles. The second-order valence-electron chi connectivity index (χ2n) is 5.75. The molecule has 1 fully saturated rings. The maximum absolute atomic E-state index is 3.40. The van der Waals surface area contributed by atoms with Gasteiger partial charge in [-0.1, -0.05) is 6.07 Å². The number of anilines is 1. The van der Waals surface area contributed by atoms with Crippen LogP contribution in [0.3, 0.4) is 0 Å². The first-order chi connectivity index (χ1) is 8.60. The first-order valence-corrected chi connectivity index (χ1v) is 7.08. The molecule has 0 saturated heterocycles. The third kappa shape index (κ3) is 3.05. The number of nitrogens with one attached hydrogen (secondary N) is 1. The van der Waals surface area contributed by atoms with E-state index in [-0.39, 0.29) is 0 Å². The van der Waals surface area contributed by atoms with E-state index in [1.807, 2.05) is 0 Å². The molecular formula is C16H26N2. The predicted octanol–water partition coefficient (Wildman–Crippen LogP) is 3.27. The molecular weight excluding hydrogens is 220 g/mol. The summed E-state index contributed by atoms with van der Waals surface area (Å²) < 4.78 is 0. The second-order valence-corrected chi connectivity index (χ2v) is 5.75. The van der Waals surface area contributed by atoms with Gasteiger partial charge in [0.15, 0.2) is 0 Å². The highest BCUT2D eigenvalue weighted by Crippen LogP contribution is 2.27. The minimum atomic E-state index is 0.704. The monoisotopic (exact) mass is 246 g/mol. The molecule has 0 unspecified atom stereocenters. The van der Waals surface area contributed by atoms with E-state index in [4.69, 9.17) is 0 Å². The van der Waals surface area contributed by atoms with Crippen molar-refractivity contribution < 1.29 is 0 Å². The smallest absolute Gasteiger partial charge is 0.0371 e. The first kappa shape index (κ1) is 13.4. The first-order valence-electron chi connectivity index (χ1n) is 7.08. The van der Waals surface area contributed by atoms with E-state index < -0.39 is 0 Å². The average Bonchev–Trinajstić information content (AvgIpc) is 2.37. The van der Waals surface area contributed by atoms with Crippen molar-refractivity contribution in [1.29, 1.82) is 0 Å². The van der Waals surface area contributed by atoms with Gasteiger partial charge in [-0.3, -0.25) is 0 Å². The van der Waals surface area contributed by atoms with Gasteiger partial charge in [0.25, 0.3) is 0 Å². The van der Waals surface area contributed by atoms with Gasteiger partial charge in [0.2, 0.25) is 0 Å². The van der Waals surface area contributed by atoms with Crippen molar-refractivity contribution in [3.8, 4) is 0 Å². The molecule has 2 rings (SSSR count). The molecule has 0 atom stereocenters. The SMILES string of the molecule is CNC1CCC(N(C)c2cc(C)cc(C)c2)CC1.